The molecule has 0 saturated heterocycles. The Morgan fingerprint density at radius 2 is 2.12 bits per heavy atom. The Morgan fingerprint density at radius 1 is 1.44 bits per heavy atom. The number of rotatable bonds is 6. The van der Waals surface area contributed by atoms with Gasteiger partial charge in [0, 0.05) is 18.0 Å². The lowest BCUT2D eigenvalue weighted by Crippen LogP contribution is -2.11. The first-order valence-electron chi connectivity index (χ1n) is 5.76. The molecule has 0 spiro atoms. The first-order valence-corrected chi connectivity index (χ1v) is 5.76. The number of para-hydroxylation sites is 1. The molecule has 1 aromatic carbocycles. The van der Waals surface area contributed by atoms with Gasteiger partial charge in [0.05, 0.1) is 6.61 Å². The normalized spacial score (nSPS) is 12.2. The maximum absolute atomic E-state index is 6.03. The van der Waals surface area contributed by atoms with E-state index < -0.39 is 0 Å². The number of hydrogen-bond donors (Lipinski definition) is 1. The molecule has 0 radical (unpaired) electrons. The van der Waals surface area contributed by atoms with Crippen molar-refractivity contribution in [2.75, 3.05) is 6.61 Å². The van der Waals surface area contributed by atoms with Gasteiger partial charge in [-0.1, -0.05) is 30.7 Å². The van der Waals surface area contributed by atoms with Gasteiger partial charge in [0.15, 0.2) is 0 Å². The lowest BCUT2D eigenvalue weighted by Gasteiger charge is -2.15. The van der Waals surface area contributed by atoms with Crippen LogP contribution in [0.15, 0.2) is 36.4 Å². The molecule has 0 aliphatic rings. The van der Waals surface area contributed by atoms with Crippen molar-refractivity contribution in [2.24, 2.45) is 5.73 Å². The average Bonchev–Trinajstić information content (AvgIpc) is 2.28. The van der Waals surface area contributed by atoms with Crippen LogP contribution in [0.2, 0.25) is 0 Å². The van der Waals surface area contributed by atoms with Crippen molar-refractivity contribution < 1.29 is 4.74 Å². The quantitative estimate of drug-likeness (QED) is 0.744. The second-order valence-corrected chi connectivity index (χ2v) is 4.11. The van der Waals surface area contributed by atoms with Gasteiger partial charge < -0.3 is 10.5 Å². The first-order chi connectivity index (χ1) is 7.65. The lowest BCUT2D eigenvalue weighted by atomic mass is 10.0. The van der Waals surface area contributed by atoms with Crippen LogP contribution in [0.25, 0.3) is 0 Å². The molecule has 1 atom stereocenters. The molecule has 1 aromatic rings. The minimum absolute atomic E-state index is 0.0565. The smallest absolute Gasteiger partial charge is 0.124 e. The van der Waals surface area contributed by atoms with Crippen LogP contribution in [0.3, 0.4) is 0 Å². The Morgan fingerprint density at radius 3 is 2.75 bits per heavy atom. The van der Waals surface area contributed by atoms with Crippen LogP contribution < -0.4 is 10.5 Å². The van der Waals surface area contributed by atoms with Gasteiger partial charge in [0.2, 0.25) is 0 Å². The Balaban J connectivity index is 2.67. The highest BCUT2D eigenvalue weighted by molar-refractivity contribution is 5.35. The van der Waals surface area contributed by atoms with Crippen LogP contribution >= 0.6 is 0 Å². The number of benzene rings is 1. The highest BCUT2D eigenvalue weighted by Crippen LogP contribution is 2.25. The fraction of sp³-hybridized carbons (Fsp3) is 0.429. The monoisotopic (exact) mass is 219 g/mol. The summed E-state index contributed by atoms with van der Waals surface area (Å²) in [5.41, 5.74) is 8.25. The van der Waals surface area contributed by atoms with Gasteiger partial charge in [-0.15, -0.1) is 6.58 Å². The molecule has 88 valence electrons. The fourth-order valence-electron chi connectivity index (χ4n) is 1.47. The summed E-state index contributed by atoms with van der Waals surface area (Å²) in [7, 11) is 0. The molecule has 1 unspecified atom stereocenters. The summed E-state index contributed by atoms with van der Waals surface area (Å²) in [5, 5.41) is 0. The molecule has 0 aliphatic carbocycles. The minimum atomic E-state index is 0.0565. The zero-order chi connectivity index (χ0) is 12.0. The summed E-state index contributed by atoms with van der Waals surface area (Å²) < 4.78 is 5.73. The van der Waals surface area contributed by atoms with Crippen LogP contribution in [0.4, 0.5) is 0 Å². The third kappa shape index (κ3) is 3.70. The molecule has 16 heavy (non-hydrogen) atoms. The molecule has 1 rings (SSSR count). The predicted molar refractivity (Wildman–Crippen MR) is 68.6 cm³/mol. The van der Waals surface area contributed by atoms with E-state index in [2.05, 4.69) is 13.5 Å². The van der Waals surface area contributed by atoms with Crippen LogP contribution in [0.1, 0.15) is 38.3 Å². The molecule has 2 N–H and O–H groups in total. The second kappa shape index (κ2) is 6.33. The standard InChI is InChI=1S/C14H21NO/c1-4-13(15)12-7-5-6-8-14(12)16-10-9-11(2)3/h5-8,13H,2,4,9-10,15H2,1,3H3. The molecule has 0 aliphatic heterocycles. The van der Waals surface area contributed by atoms with Gasteiger partial charge in [0.1, 0.15) is 5.75 Å². The van der Waals surface area contributed by atoms with E-state index in [1.54, 1.807) is 0 Å². The summed E-state index contributed by atoms with van der Waals surface area (Å²) in [5.74, 6) is 0.901. The molecule has 0 aromatic heterocycles. The Labute approximate surface area is 98.1 Å². The number of ether oxygens (including phenoxy) is 1. The molecule has 0 heterocycles. The predicted octanol–water partition coefficient (Wildman–Crippen LogP) is 3.44. The van der Waals surface area contributed by atoms with Gasteiger partial charge in [-0.2, -0.15) is 0 Å². The van der Waals surface area contributed by atoms with E-state index in [1.165, 1.54) is 0 Å². The molecule has 2 heteroatoms. The van der Waals surface area contributed by atoms with E-state index in [9.17, 15) is 0 Å². The second-order valence-electron chi connectivity index (χ2n) is 4.11. The molecule has 0 saturated carbocycles. The summed E-state index contributed by atoms with van der Waals surface area (Å²) in [6.07, 6.45) is 1.80. The summed E-state index contributed by atoms with van der Waals surface area (Å²) in [4.78, 5) is 0. The van der Waals surface area contributed by atoms with Gasteiger partial charge in [0.25, 0.3) is 0 Å². The van der Waals surface area contributed by atoms with E-state index >= 15 is 0 Å². The van der Waals surface area contributed by atoms with Crippen molar-refractivity contribution in [3.05, 3.63) is 42.0 Å². The van der Waals surface area contributed by atoms with Crippen LogP contribution in [0, 0.1) is 0 Å². The first kappa shape index (κ1) is 12.8. The number of hydrogen-bond acceptors (Lipinski definition) is 2. The third-order valence-electron chi connectivity index (χ3n) is 2.54. The largest absolute Gasteiger partial charge is 0.493 e. The summed E-state index contributed by atoms with van der Waals surface area (Å²) in [6.45, 7) is 8.61. The van der Waals surface area contributed by atoms with Crippen molar-refractivity contribution >= 4 is 0 Å². The lowest BCUT2D eigenvalue weighted by molar-refractivity contribution is 0.316. The zero-order valence-corrected chi connectivity index (χ0v) is 10.2. The summed E-state index contributed by atoms with van der Waals surface area (Å²) in [6, 6.07) is 8.03. The molecule has 0 fully saturated rings. The van der Waals surface area contributed by atoms with E-state index in [-0.39, 0.29) is 6.04 Å². The van der Waals surface area contributed by atoms with E-state index in [1.807, 2.05) is 31.2 Å². The third-order valence-corrected chi connectivity index (χ3v) is 2.54. The van der Waals surface area contributed by atoms with Gasteiger partial charge in [-0.25, -0.2) is 0 Å². The highest BCUT2D eigenvalue weighted by atomic mass is 16.5. The maximum atomic E-state index is 6.03. The van der Waals surface area contributed by atoms with Crippen molar-refractivity contribution in [2.45, 2.75) is 32.7 Å². The van der Waals surface area contributed by atoms with Gasteiger partial charge >= 0.3 is 0 Å². The van der Waals surface area contributed by atoms with E-state index in [0.29, 0.717) is 6.61 Å². The summed E-state index contributed by atoms with van der Waals surface area (Å²) >= 11 is 0. The molecule has 2 nitrogen and oxygen atoms in total. The Bertz CT molecular complexity index is 346. The zero-order valence-electron chi connectivity index (χ0n) is 10.2. The SMILES string of the molecule is C=C(C)CCOc1ccccc1C(N)CC. The van der Waals surface area contributed by atoms with Crippen LogP contribution in [-0.2, 0) is 0 Å². The van der Waals surface area contributed by atoms with Crippen LogP contribution in [-0.4, -0.2) is 6.61 Å². The van der Waals surface area contributed by atoms with E-state index in [4.69, 9.17) is 10.5 Å². The molecular weight excluding hydrogens is 198 g/mol. The minimum Gasteiger partial charge on any atom is -0.493 e. The Kier molecular flexibility index (Phi) is 5.06. The Hall–Kier alpha value is -1.28. The van der Waals surface area contributed by atoms with Crippen molar-refractivity contribution in [1.29, 1.82) is 0 Å². The fourth-order valence-corrected chi connectivity index (χ4v) is 1.47. The van der Waals surface area contributed by atoms with E-state index in [0.717, 1.165) is 29.7 Å². The molecular formula is C14H21NO. The van der Waals surface area contributed by atoms with Crippen molar-refractivity contribution in [3.63, 3.8) is 0 Å². The molecule has 0 amide bonds. The van der Waals surface area contributed by atoms with Gasteiger partial charge in [-0.3, -0.25) is 0 Å². The highest BCUT2D eigenvalue weighted by Gasteiger charge is 2.09. The van der Waals surface area contributed by atoms with Crippen LogP contribution in [0.5, 0.6) is 5.75 Å². The average molecular weight is 219 g/mol. The van der Waals surface area contributed by atoms with Crippen molar-refractivity contribution in [1.82, 2.24) is 0 Å². The van der Waals surface area contributed by atoms with Crippen molar-refractivity contribution in [3.8, 4) is 5.75 Å². The maximum Gasteiger partial charge on any atom is 0.124 e. The van der Waals surface area contributed by atoms with Gasteiger partial charge in [-0.05, 0) is 19.4 Å². The molecule has 0 bridgehead atoms. The topological polar surface area (TPSA) is 35.2 Å². The number of nitrogens with two attached hydrogens (primary N) is 1.